The van der Waals surface area contributed by atoms with Crippen LogP contribution in [0, 0.1) is 0 Å². The van der Waals surface area contributed by atoms with E-state index in [1.807, 2.05) is 12.1 Å². The number of thiophene rings is 1. The van der Waals surface area contributed by atoms with E-state index in [1.165, 1.54) is 23.3 Å². The minimum Gasteiger partial charge on any atom is -1.00 e. The van der Waals surface area contributed by atoms with Gasteiger partial charge in [0.25, 0.3) is 0 Å². The van der Waals surface area contributed by atoms with Crippen molar-refractivity contribution < 1.29 is 21.9 Å². The summed E-state index contributed by atoms with van der Waals surface area (Å²) in [7, 11) is 1.67. The quantitative estimate of drug-likeness (QED) is 0.631. The van der Waals surface area contributed by atoms with Crippen LogP contribution in [0.1, 0.15) is 30.2 Å². The first kappa shape index (κ1) is 20.3. The van der Waals surface area contributed by atoms with Crippen molar-refractivity contribution >= 4 is 27.3 Å². The first-order valence-corrected chi connectivity index (χ1v) is 9.14. The first-order valence-electron chi connectivity index (χ1n) is 7.47. The summed E-state index contributed by atoms with van der Waals surface area (Å²) in [6, 6.07) is 8.22. The SMILES string of the molecule is CCCCNCc1cc(Br)c(OCc2cccs2)c(OC)c1.[Cl-]. The highest BCUT2D eigenvalue weighted by Crippen LogP contribution is 2.37. The van der Waals surface area contributed by atoms with Gasteiger partial charge in [-0.05, 0) is 58.0 Å². The summed E-state index contributed by atoms with van der Waals surface area (Å²) < 4.78 is 12.3. The molecule has 2 rings (SSSR count). The zero-order valence-electron chi connectivity index (χ0n) is 13.4. The van der Waals surface area contributed by atoms with E-state index in [4.69, 9.17) is 9.47 Å². The predicted octanol–water partition coefficient (Wildman–Crippen LogP) is 1.99. The summed E-state index contributed by atoms with van der Waals surface area (Å²) in [5.74, 6) is 1.52. The van der Waals surface area contributed by atoms with Crippen LogP contribution in [-0.4, -0.2) is 13.7 Å². The third-order valence-corrected chi connectivity index (χ3v) is 4.70. The Kier molecular flexibility index (Phi) is 9.63. The molecular formula is C17H22BrClNO2S-. The second kappa shape index (κ2) is 10.9. The van der Waals surface area contributed by atoms with Gasteiger partial charge in [-0.1, -0.05) is 19.4 Å². The van der Waals surface area contributed by atoms with Gasteiger partial charge < -0.3 is 27.2 Å². The van der Waals surface area contributed by atoms with Crippen LogP contribution < -0.4 is 27.2 Å². The Bertz CT molecular complexity index is 578. The van der Waals surface area contributed by atoms with E-state index in [2.05, 4.69) is 45.7 Å². The Morgan fingerprint density at radius 1 is 1.30 bits per heavy atom. The zero-order valence-corrected chi connectivity index (χ0v) is 16.6. The van der Waals surface area contributed by atoms with E-state index < -0.39 is 0 Å². The maximum absolute atomic E-state index is 5.92. The highest BCUT2D eigenvalue weighted by Gasteiger charge is 2.12. The number of hydrogen-bond donors (Lipinski definition) is 1. The molecule has 6 heteroatoms. The number of ether oxygens (including phenoxy) is 2. The molecule has 1 aromatic carbocycles. The molecule has 0 saturated carbocycles. The number of benzene rings is 1. The van der Waals surface area contributed by atoms with Crippen LogP contribution in [0.25, 0.3) is 0 Å². The smallest absolute Gasteiger partial charge is 0.175 e. The zero-order chi connectivity index (χ0) is 15.8. The molecule has 0 unspecified atom stereocenters. The number of hydrogen-bond acceptors (Lipinski definition) is 4. The standard InChI is InChI=1S/C17H22BrNO2S.ClH/c1-3-4-7-19-11-13-9-15(18)17(16(10-13)20-2)21-12-14-6-5-8-22-14;/h5-6,8-10,19H,3-4,7,11-12H2,1-2H3;1H/p-1. The fourth-order valence-corrected chi connectivity index (χ4v) is 3.31. The molecule has 23 heavy (non-hydrogen) atoms. The lowest BCUT2D eigenvalue weighted by Crippen LogP contribution is -3.00. The van der Waals surface area contributed by atoms with Crippen molar-refractivity contribution in [1.82, 2.24) is 5.32 Å². The molecule has 0 saturated heterocycles. The van der Waals surface area contributed by atoms with Gasteiger partial charge in [0.2, 0.25) is 0 Å². The lowest BCUT2D eigenvalue weighted by Gasteiger charge is -2.14. The average molecular weight is 420 g/mol. The molecule has 0 fully saturated rings. The number of rotatable bonds is 9. The summed E-state index contributed by atoms with van der Waals surface area (Å²) >= 11 is 5.29. The molecule has 0 radical (unpaired) electrons. The van der Waals surface area contributed by atoms with Crippen LogP contribution in [-0.2, 0) is 13.2 Å². The van der Waals surface area contributed by atoms with Crippen molar-refractivity contribution in [2.45, 2.75) is 32.9 Å². The highest BCUT2D eigenvalue weighted by molar-refractivity contribution is 9.10. The van der Waals surface area contributed by atoms with Crippen molar-refractivity contribution in [2.24, 2.45) is 0 Å². The Labute approximate surface area is 156 Å². The molecule has 1 heterocycles. The van der Waals surface area contributed by atoms with Gasteiger partial charge in [-0.15, -0.1) is 11.3 Å². The van der Waals surface area contributed by atoms with Gasteiger partial charge in [-0.2, -0.15) is 0 Å². The van der Waals surface area contributed by atoms with Crippen LogP contribution in [0.15, 0.2) is 34.1 Å². The molecule has 1 N–H and O–H groups in total. The van der Waals surface area contributed by atoms with Gasteiger partial charge in [0.1, 0.15) is 6.61 Å². The molecule has 0 bridgehead atoms. The minimum absolute atomic E-state index is 0. The van der Waals surface area contributed by atoms with Gasteiger partial charge in [-0.3, -0.25) is 0 Å². The second-order valence-corrected chi connectivity index (χ2v) is 6.89. The van der Waals surface area contributed by atoms with Crippen molar-refractivity contribution in [1.29, 1.82) is 0 Å². The van der Waals surface area contributed by atoms with Crippen LogP contribution in [0.4, 0.5) is 0 Å². The maximum atomic E-state index is 5.92. The molecule has 0 aliphatic carbocycles. The van der Waals surface area contributed by atoms with Gasteiger partial charge >= 0.3 is 0 Å². The summed E-state index contributed by atoms with van der Waals surface area (Å²) in [5.41, 5.74) is 1.18. The van der Waals surface area contributed by atoms with E-state index >= 15 is 0 Å². The number of nitrogens with one attached hydrogen (secondary N) is 1. The largest absolute Gasteiger partial charge is 1.00 e. The normalized spacial score (nSPS) is 10.2. The summed E-state index contributed by atoms with van der Waals surface area (Å²) in [4.78, 5) is 1.19. The van der Waals surface area contributed by atoms with Gasteiger partial charge in [0, 0.05) is 11.4 Å². The molecule has 0 spiro atoms. The molecular weight excluding hydrogens is 398 g/mol. The maximum Gasteiger partial charge on any atom is 0.175 e. The van der Waals surface area contributed by atoms with Crippen LogP contribution in [0.5, 0.6) is 11.5 Å². The lowest BCUT2D eigenvalue weighted by molar-refractivity contribution is -0.00000498. The summed E-state index contributed by atoms with van der Waals surface area (Å²) in [6.07, 6.45) is 2.40. The van der Waals surface area contributed by atoms with E-state index in [0.717, 1.165) is 29.1 Å². The average Bonchev–Trinajstić information content (AvgIpc) is 3.03. The van der Waals surface area contributed by atoms with Gasteiger partial charge in [0.05, 0.1) is 11.6 Å². The topological polar surface area (TPSA) is 30.5 Å². The van der Waals surface area contributed by atoms with Crippen molar-refractivity contribution in [3.63, 3.8) is 0 Å². The predicted molar refractivity (Wildman–Crippen MR) is 96.0 cm³/mol. The number of methoxy groups -OCH3 is 1. The molecule has 1 aromatic heterocycles. The third-order valence-electron chi connectivity index (χ3n) is 3.26. The van der Waals surface area contributed by atoms with Gasteiger partial charge in [-0.25, -0.2) is 0 Å². The van der Waals surface area contributed by atoms with Crippen molar-refractivity contribution in [2.75, 3.05) is 13.7 Å². The third kappa shape index (κ3) is 6.34. The second-order valence-electron chi connectivity index (χ2n) is 5.01. The van der Waals surface area contributed by atoms with E-state index in [1.54, 1.807) is 18.4 Å². The van der Waals surface area contributed by atoms with Crippen molar-refractivity contribution in [3.05, 3.63) is 44.6 Å². The van der Waals surface area contributed by atoms with Gasteiger partial charge in [0.15, 0.2) is 11.5 Å². The van der Waals surface area contributed by atoms with Crippen molar-refractivity contribution in [3.8, 4) is 11.5 Å². The number of unbranched alkanes of at least 4 members (excludes halogenated alkanes) is 1. The summed E-state index contributed by atoms with van der Waals surface area (Å²) in [6.45, 7) is 4.62. The lowest BCUT2D eigenvalue weighted by atomic mass is 10.2. The monoisotopic (exact) mass is 418 g/mol. The molecule has 2 aromatic rings. The Balaban J connectivity index is 0.00000264. The van der Waals surface area contributed by atoms with Crippen LogP contribution >= 0.6 is 27.3 Å². The first-order chi connectivity index (χ1) is 10.7. The Morgan fingerprint density at radius 3 is 2.78 bits per heavy atom. The molecule has 0 aliphatic heterocycles. The Morgan fingerprint density at radius 2 is 2.13 bits per heavy atom. The Hall–Kier alpha value is -0.750. The molecule has 128 valence electrons. The van der Waals surface area contributed by atoms with Crippen LogP contribution in [0.3, 0.4) is 0 Å². The molecule has 0 aliphatic rings. The molecule has 0 atom stereocenters. The van der Waals surface area contributed by atoms with E-state index in [9.17, 15) is 0 Å². The highest BCUT2D eigenvalue weighted by atomic mass is 79.9. The molecule has 3 nitrogen and oxygen atoms in total. The van der Waals surface area contributed by atoms with Crippen LogP contribution in [0.2, 0.25) is 0 Å². The van der Waals surface area contributed by atoms with E-state index in [-0.39, 0.29) is 12.4 Å². The summed E-state index contributed by atoms with van der Waals surface area (Å²) in [5, 5.41) is 5.49. The fraction of sp³-hybridized carbons (Fsp3) is 0.412. The molecule has 0 amide bonds. The number of halogens is 2. The minimum atomic E-state index is 0. The fourth-order valence-electron chi connectivity index (χ4n) is 2.09. The van der Waals surface area contributed by atoms with E-state index in [0.29, 0.717) is 6.61 Å².